The Labute approximate surface area is 195 Å². The van der Waals surface area contributed by atoms with Gasteiger partial charge in [0.25, 0.3) is 0 Å². The van der Waals surface area contributed by atoms with Gasteiger partial charge >= 0.3 is 5.97 Å². The second-order valence-electron chi connectivity index (χ2n) is 10.4. The molecule has 1 aromatic heterocycles. The summed E-state index contributed by atoms with van der Waals surface area (Å²) in [7, 11) is 0. The number of aliphatic hydroxyl groups is 1. The topological polar surface area (TPSA) is 77.8 Å². The van der Waals surface area contributed by atoms with Crippen LogP contribution in [0.3, 0.4) is 0 Å². The van der Waals surface area contributed by atoms with Crippen LogP contribution in [0.5, 0.6) is 0 Å². The number of carbonyl (C=O) groups excluding carboxylic acids is 1. The number of nitrogens with zero attached hydrogens (tertiary/aromatic N) is 1. The van der Waals surface area contributed by atoms with Crippen molar-refractivity contribution in [3.8, 4) is 11.8 Å². The van der Waals surface area contributed by atoms with E-state index in [2.05, 4.69) is 31.8 Å². The van der Waals surface area contributed by atoms with E-state index in [0.717, 1.165) is 17.8 Å². The predicted molar refractivity (Wildman–Crippen MR) is 129 cm³/mol. The summed E-state index contributed by atoms with van der Waals surface area (Å²) in [5.74, 6) is 5.29. The third-order valence-electron chi connectivity index (χ3n) is 6.36. The molecule has 1 aromatic rings. The maximum atomic E-state index is 13.9. The molecule has 0 aliphatic heterocycles. The molecule has 6 heteroatoms. The summed E-state index contributed by atoms with van der Waals surface area (Å²) < 4.78 is 0. The second-order valence-corrected chi connectivity index (χ2v) is 11.4. The number of hydrogen-bond acceptors (Lipinski definition) is 4. The standard InChI is InChI=1S/C26H35NO4S/c1-16-6-11-21(17(2)14-16)24(29)27(18-7-9-19(28)10-8-18)22-15-20(12-13-26(3,4)5)32-23(22)25(30)31/h6,15,17-19,21,28H,7-11,14H2,1-5H3,(H,30,31)/t17-,18?,19?,21-/m1/s1. The zero-order valence-electron chi connectivity index (χ0n) is 19.8. The van der Waals surface area contributed by atoms with Crippen LogP contribution in [0, 0.1) is 29.1 Å². The molecule has 5 nitrogen and oxygen atoms in total. The minimum Gasteiger partial charge on any atom is -0.477 e. The molecule has 1 saturated carbocycles. The number of thiophene rings is 1. The summed E-state index contributed by atoms with van der Waals surface area (Å²) >= 11 is 1.14. The van der Waals surface area contributed by atoms with E-state index in [0.29, 0.717) is 42.7 Å². The molecule has 0 radical (unpaired) electrons. The van der Waals surface area contributed by atoms with Gasteiger partial charge < -0.3 is 15.1 Å². The molecule has 1 amide bonds. The fourth-order valence-corrected chi connectivity index (χ4v) is 5.49. The quantitative estimate of drug-likeness (QED) is 0.464. The van der Waals surface area contributed by atoms with Gasteiger partial charge in [0.1, 0.15) is 4.88 Å². The maximum Gasteiger partial charge on any atom is 0.348 e. The Morgan fingerprint density at radius 2 is 1.84 bits per heavy atom. The van der Waals surface area contributed by atoms with Crippen LogP contribution in [0.25, 0.3) is 0 Å². The van der Waals surface area contributed by atoms with Crippen LogP contribution in [0.4, 0.5) is 5.69 Å². The first-order chi connectivity index (χ1) is 15.0. The van der Waals surface area contributed by atoms with Crippen molar-refractivity contribution in [3.05, 3.63) is 27.5 Å². The number of carboxylic acids is 1. The van der Waals surface area contributed by atoms with Crippen LogP contribution in [0.2, 0.25) is 0 Å². The molecule has 0 saturated heterocycles. The summed E-state index contributed by atoms with van der Waals surface area (Å²) in [5.41, 5.74) is 1.56. The predicted octanol–water partition coefficient (Wildman–Crippen LogP) is 5.47. The Bertz CT molecular complexity index is 951. The summed E-state index contributed by atoms with van der Waals surface area (Å²) in [4.78, 5) is 28.6. The highest BCUT2D eigenvalue weighted by Gasteiger charge is 2.38. The van der Waals surface area contributed by atoms with Crippen molar-refractivity contribution in [2.24, 2.45) is 17.3 Å². The average Bonchev–Trinajstić information content (AvgIpc) is 3.12. The number of aromatic carboxylic acids is 1. The van der Waals surface area contributed by atoms with Gasteiger partial charge in [-0.1, -0.05) is 30.4 Å². The Kier molecular flexibility index (Phi) is 7.52. The van der Waals surface area contributed by atoms with Crippen LogP contribution in [0.1, 0.15) is 87.7 Å². The second kappa shape index (κ2) is 9.80. The van der Waals surface area contributed by atoms with Crippen molar-refractivity contribution in [1.29, 1.82) is 0 Å². The van der Waals surface area contributed by atoms with Crippen LogP contribution in [-0.2, 0) is 4.79 Å². The number of amides is 1. The zero-order valence-corrected chi connectivity index (χ0v) is 20.6. The highest BCUT2D eigenvalue weighted by Crippen LogP contribution is 2.39. The SMILES string of the molecule is CC1=CC[C@@H](C(=O)N(c2cc(C#CC(C)(C)C)sc2C(=O)O)C2CCC(O)CC2)[C@H](C)C1. The van der Waals surface area contributed by atoms with Gasteiger partial charge in [-0.2, -0.15) is 0 Å². The van der Waals surface area contributed by atoms with E-state index in [1.165, 1.54) is 5.57 Å². The van der Waals surface area contributed by atoms with Crippen molar-refractivity contribution >= 4 is 28.9 Å². The number of anilines is 1. The third kappa shape index (κ3) is 5.82. The maximum absolute atomic E-state index is 13.9. The van der Waals surface area contributed by atoms with Crippen molar-refractivity contribution in [2.45, 2.75) is 85.3 Å². The molecule has 0 spiro atoms. The first kappa shape index (κ1) is 24.5. The number of carboxylic acid groups (broad SMARTS) is 1. The highest BCUT2D eigenvalue weighted by atomic mass is 32.1. The molecule has 1 fully saturated rings. The van der Waals surface area contributed by atoms with Crippen LogP contribution < -0.4 is 4.90 Å². The lowest BCUT2D eigenvalue weighted by Crippen LogP contribution is -2.48. The van der Waals surface area contributed by atoms with Gasteiger partial charge in [-0.15, -0.1) is 11.3 Å². The smallest absolute Gasteiger partial charge is 0.348 e. The molecule has 2 atom stereocenters. The minimum absolute atomic E-state index is 0.00160. The van der Waals surface area contributed by atoms with E-state index < -0.39 is 5.97 Å². The average molecular weight is 458 g/mol. The van der Waals surface area contributed by atoms with E-state index in [1.54, 1.807) is 11.0 Å². The van der Waals surface area contributed by atoms with E-state index >= 15 is 0 Å². The highest BCUT2D eigenvalue weighted by molar-refractivity contribution is 7.15. The number of allylic oxidation sites excluding steroid dienone is 2. The normalized spacial score (nSPS) is 26.0. The van der Waals surface area contributed by atoms with E-state index in [9.17, 15) is 19.8 Å². The van der Waals surface area contributed by atoms with E-state index in [-0.39, 0.29) is 40.2 Å². The lowest BCUT2D eigenvalue weighted by molar-refractivity contribution is -0.124. The van der Waals surface area contributed by atoms with Gasteiger partial charge in [-0.05, 0) is 78.2 Å². The van der Waals surface area contributed by atoms with Crippen LogP contribution in [0.15, 0.2) is 17.7 Å². The Morgan fingerprint density at radius 3 is 2.41 bits per heavy atom. The fraction of sp³-hybridized carbons (Fsp3) is 0.615. The molecule has 1 heterocycles. The molecular formula is C26H35NO4S. The molecule has 3 rings (SSSR count). The van der Waals surface area contributed by atoms with E-state index in [4.69, 9.17) is 0 Å². The monoisotopic (exact) mass is 457 g/mol. The molecule has 0 unspecified atom stereocenters. The summed E-state index contributed by atoms with van der Waals surface area (Å²) in [6, 6.07) is 1.67. The van der Waals surface area contributed by atoms with Gasteiger partial charge in [-0.25, -0.2) is 4.79 Å². The molecular weight excluding hydrogens is 422 g/mol. The molecule has 32 heavy (non-hydrogen) atoms. The molecule has 0 aromatic carbocycles. The number of aliphatic hydroxyl groups excluding tert-OH is 1. The molecule has 2 N–H and O–H groups in total. The third-order valence-corrected chi connectivity index (χ3v) is 7.39. The van der Waals surface area contributed by atoms with Crippen molar-refractivity contribution < 1.29 is 19.8 Å². The van der Waals surface area contributed by atoms with Crippen molar-refractivity contribution in [1.82, 2.24) is 0 Å². The Balaban J connectivity index is 2.04. The molecule has 0 bridgehead atoms. The lowest BCUT2D eigenvalue weighted by atomic mass is 9.79. The molecule has 2 aliphatic carbocycles. The fourth-order valence-electron chi connectivity index (χ4n) is 4.65. The number of carbonyl (C=O) groups is 2. The van der Waals surface area contributed by atoms with Crippen LogP contribution >= 0.6 is 11.3 Å². The summed E-state index contributed by atoms with van der Waals surface area (Å²) in [5, 5.41) is 20.0. The van der Waals surface area contributed by atoms with E-state index in [1.807, 2.05) is 20.8 Å². The zero-order chi connectivity index (χ0) is 23.6. The molecule has 2 aliphatic rings. The largest absolute Gasteiger partial charge is 0.477 e. The lowest BCUT2D eigenvalue weighted by Gasteiger charge is -2.39. The van der Waals surface area contributed by atoms with Gasteiger partial charge in [0, 0.05) is 17.4 Å². The first-order valence-electron chi connectivity index (χ1n) is 11.5. The van der Waals surface area contributed by atoms with Crippen LogP contribution in [-0.4, -0.2) is 34.2 Å². The van der Waals surface area contributed by atoms with Gasteiger partial charge in [0.15, 0.2) is 0 Å². The number of hydrogen-bond donors (Lipinski definition) is 2. The molecule has 174 valence electrons. The first-order valence-corrected chi connectivity index (χ1v) is 12.3. The number of rotatable bonds is 4. The van der Waals surface area contributed by atoms with Crippen molar-refractivity contribution in [3.63, 3.8) is 0 Å². The van der Waals surface area contributed by atoms with Crippen molar-refractivity contribution in [2.75, 3.05) is 4.90 Å². The van der Waals surface area contributed by atoms with Gasteiger partial charge in [-0.3, -0.25) is 4.79 Å². The van der Waals surface area contributed by atoms with Gasteiger partial charge in [0.2, 0.25) is 5.91 Å². The summed E-state index contributed by atoms with van der Waals surface area (Å²) in [6.45, 7) is 10.2. The Morgan fingerprint density at radius 1 is 1.19 bits per heavy atom. The Hall–Kier alpha value is -2.10. The minimum atomic E-state index is -1.03. The van der Waals surface area contributed by atoms with Gasteiger partial charge in [0.05, 0.1) is 16.7 Å². The summed E-state index contributed by atoms with van der Waals surface area (Å²) in [6.07, 6.45) is 5.93.